The second-order valence-electron chi connectivity index (χ2n) is 5.27. The van der Waals surface area contributed by atoms with Crippen molar-refractivity contribution in [2.24, 2.45) is 0 Å². The van der Waals surface area contributed by atoms with Gasteiger partial charge in [-0.3, -0.25) is 0 Å². The summed E-state index contributed by atoms with van der Waals surface area (Å²) in [4.78, 5) is 0. The van der Waals surface area contributed by atoms with Crippen LogP contribution in [-0.2, 0) is 9.84 Å². The Bertz CT molecular complexity index is 557. The summed E-state index contributed by atoms with van der Waals surface area (Å²) in [5, 5.41) is 2.91. The van der Waals surface area contributed by atoms with Gasteiger partial charge >= 0.3 is 0 Å². The molecule has 1 heterocycles. The van der Waals surface area contributed by atoms with Crippen LogP contribution in [-0.4, -0.2) is 26.0 Å². The van der Waals surface area contributed by atoms with Crippen molar-refractivity contribution in [2.75, 3.05) is 12.3 Å². The summed E-state index contributed by atoms with van der Waals surface area (Å²) >= 11 is 0. The van der Waals surface area contributed by atoms with Crippen molar-refractivity contribution in [1.82, 2.24) is 5.32 Å². The average Bonchev–Trinajstić information content (AvgIpc) is 2.69. The molecule has 2 unspecified atom stereocenters. The van der Waals surface area contributed by atoms with Crippen molar-refractivity contribution in [3.05, 3.63) is 35.1 Å². The smallest absolute Gasteiger partial charge is 0.154 e. The lowest BCUT2D eigenvalue weighted by Gasteiger charge is -2.17. The minimum absolute atomic E-state index is 0.0501. The molecule has 1 aliphatic heterocycles. The predicted octanol–water partition coefficient (Wildman–Crippen LogP) is 2.36. The van der Waals surface area contributed by atoms with E-state index in [2.05, 4.69) is 5.32 Å². The molecule has 0 saturated carbocycles. The average molecular weight is 285 g/mol. The quantitative estimate of drug-likeness (QED) is 0.924. The first-order valence-electron chi connectivity index (χ1n) is 6.61. The highest BCUT2D eigenvalue weighted by atomic mass is 32.2. The molecule has 0 amide bonds. The third kappa shape index (κ3) is 3.34. The maximum Gasteiger partial charge on any atom is 0.154 e. The Morgan fingerprint density at radius 1 is 1.47 bits per heavy atom. The Hall–Kier alpha value is -0.940. The van der Waals surface area contributed by atoms with E-state index in [0.717, 1.165) is 18.4 Å². The molecule has 5 heteroatoms. The second kappa shape index (κ2) is 5.59. The van der Waals surface area contributed by atoms with E-state index in [0.29, 0.717) is 17.9 Å². The molecule has 1 N–H and O–H groups in total. The number of nitrogens with one attached hydrogen (secondary N) is 1. The first kappa shape index (κ1) is 14.5. The van der Waals surface area contributed by atoms with Crippen LogP contribution in [0.25, 0.3) is 0 Å². The Morgan fingerprint density at radius 2 is 2.21 bits per heavy atom. The van der Waals surface area contributed by atoms with Gasteiger partial charge in [0, 0.05) is 12.6 Å². The summed E-state index contributed by atoms with van der Waals surface area (Å²) in [6.07, 6.45) is 1.48. The normalized spacial score (nSPS) is 23.4. The zero-order chi connectivity index (χ0) is 14.0. The van der Waals surface area contributed by atoms with Crippen LogP contribution in [0.2, 0.25) is 0 Å². The topological polar surface area (TPSA) is 46.2 Å². The van der Waals surface area contributed by atoms with Gasteiger partial charge in [-0.1, -0.05) is 12.1 Å². The lowest BCUT2D eigenvalue weighted by molar-refractivity contribution is 0.534. The number of rotatable bonds is 4. The van der Waals surface area contributed by atoms with E-state index in [1.807, 2.05) is 13.0 Å². The molecule has 0 aromatic heterocycles. The van der Waals surface area contributed by atoms with E-state index < -0.39 is 9.84 Å². The van der Waals surface area contributed by atoms with Crippen molar-refractivity contribution < 1.29 is 12.8 Å². The molecule has 2 atom stereocenters. The number of halogens is 1. The highest BCUT2D eigenvalue weighted by molar-refractivity contribution is 7.92. The molecule has 0 spiro atoms. The standard InChI is InChI=1S/C14H20FNO2S/c1-10-5-6-12(8-14(10)15)11(2)16-9-13-4-3-7-19(13,17)18/h5-6,8,11,13,16H,3-4,7,9H2,1-2H3. The van der Waals surface area contributed by atoms with Crippen LogP contribution < -0.4 is 5.32 Å². The van der Waals surface area contributed by atoms with Crippen molar-refractivity contribution >= 4 is 9.84 Å². The number of sulfone groups is 1. The van der Waals surface area contributed by atoms with E-state index in [-0.39, 0.29) is 17.1 Å². The van der Waals surface area contributed by atoms with E-state index in [1.165, 1.54) is 6.07 Å². The van der Waals surface area contributed by atoms with Gasteiger partial charge in [0.25, 0.3) is 0 Å². The van der Waals surface area contributed by atoms with Crippen molar-refractivity contribution in [1.29, 1.82) is 0 Å². The van der Waals surface area contributed by atoms with Crippen LogP contribution in [0.4, 0.5) is 4.39 Å². The third-order valence-corrected chi connectivity index (χ3v) is 6.09. The molecule has 2 rings (SSSR count). The first-order chi connectivity index (χ1) is 8.90. The minimum Gasteiger partial charge on any atom is -0.309 e. The van der Waals surface area contributed by atoms with Gasteiger partial charge in [-0.25, -0.2) is 12.8 Å². The summed E-state index contributed by atoms with van der Waals surface area (Å²) in [6, 6.07) is 5.08. The van der Waals surface area contributed by atoms with Gasteiger partial charge in [0.1, 0.15) is 5.82 Å². The molecule has 0 bridgehead atoms. The number of aryl methyl sites for hydroxylation is 1. The molecule has 0 radical (unpaired) electrons. The third-order valence-electron chi connectivity index (χ3n) is 3.81. The Balaban J connectivity index is 1.98. The number of hydrogen-bond acceptors (Lipinski definition) is 3. The fourth-order valence-electron chi connectivity index (χ4n) is 2.39. The zero-order valence-electron chi connectivity index (χ0n) is 11.3. The van der Waals surface area contributed by atoms with Crippen molar-refractivity contribution in [3.63, 3.8) is 0 Å². The molecule has 3 nitrogen and oxygen atoms in total. The minimum atomic E-state index is -2.92. The molecular formula is C14H20FNO2S. The molecule has 1 aliphatic rings. The van der Waals surface area contributed by atoms with Crippen LogP contribution in [0, 0.1) is 12.7 Å². The fourth-order valence-corrected chi connectivity index (χ4v) is 4.17. The van der Waals surface area contributed by atoms with Crippen LogP contribution in [0.3, 0.4) is 0 Å². The van der Waals surface area contributed by atoms with Gasteiger partial charge < -0.3 is 5.32 Å². The lowest BCUT2D eigenvalue weighted by atomic mass is 10.1. The molecule has 1 saturated heterocycles. The maximum absolute atomic E-state index is 13.5. The Morgan fingerprint density at radius 3 is 2.79 bits per heavy atom. The monoisotopic (exact) mass is 285 g/mol. The summed E-state index contributed by atoms with van der Waals surface area (Å²) in [5.74, 6) is 0.0759. The predicted molar refractivity (Wildman–Crippen MR) is 74.4 cm³/mol. The molecule has 106 valence electrons. The van der Waals surface area contributed by atoms with Crippen LogP contribution >= 0.6 is 0 Å². The SMILES string of the molecule is Cc1ccc(C(C)NCC2CCCS2(=O)=O)cc1F. The molecule has 1 aromatic carbocycles. The van der Waals surface area contributed by atoms with Gasteiger partial charge in [-0.05, 0) is 43.9 Å². The molecule has 19 heavy (non-hydrogen) atoms. The van der Waals surface area contributed by atoms with Crippen molar-refractivity contribution in [2.45, 2.75) is 38.0 Å². The second-order valence-corrected chi connectivity index (χ2v) is 7.67. The van der Waals surface area contributed by atoms with Gasteiger partial charge in [0.2, 0.25) is 0 Å². The van der Waals surface area contributed by atoms with Gasteiger partial charge in [0.15, 0.2) is 9.84 Å². The van der Waals surface area contributed by atoms with Crippen LogP contribution in [0.15, 0.2) is 18.2 Å². The Labute approximate surface area is 114 Å². The molecular weight excluding hydrogens is 265 g/mol. The van der Waals surface area contributed by atoms with Crippen LogP contribution in [0.1, 0.15) is 36.9 Å². The maximum atomic E-state index is 13.5. The highest BCUT2D eigenvalue weighted by Crippen LogP contribution is 2.21. The van der Waals surface area contributed by atoms with E-state index >= 15 is 0 Å². The summed E-state index contributed by atoms with van der Waals surface area (Å²) in [5.41, 5.74) is 1.47. The summed E-state index contributed by atoms with van der Waals surface area (Å²) in [7, 11) is -2.92. The molecule has 1 aromatic rings. The highest BCUT2D eigenvalue weighted by Gasteiger charge is 2.31. The summed E-state index contributed by atoms with van der Waals surface area (Å²) < 4.78 is 36.9. The van der Waals surface area contributed by atoms with Crippen LogP contribution in [0.5, 0.6) is 0 Å². The number of benzene rings is 1. The molecule has 1 fully saturated rings. The largest absolute Gasteiger partial charge is 0.309 e. The van der Waals surface area contributed by atoms with Gasteiger partial charge in [0.05, 0.1) is 11.0 Å². The van der Waals surface area contributed by atoms with E-state index in [1.54, 1.807) is 13.0 Å². The van der Waals surface area contributed by atoms with E-state index in [9.17, 15) is 12.8 Å². The lowest BCUT2D eigenvalue weighted by Crippen LogP contribution is -2.32. The fraction of sp³-hybridized carbons (Fsp3) is 0.571. The zero-order valence-corrected chi connectivity index (χ0v) is 12.1. The van der Waals surface area contributed by atoms with E-state index in [4.69, 9.17) is 0 Å². The van der Waals surface area contributed by atoms with Gasteiger partial charge in [-0.15, -0.1) is 0 Å². The van der Waals surface area contributed by atoms with Gasteiger partial charge in [-0.2, -0.15) is 0 Å². The van der Waals surface area contributed by atoms with Crippen molar-refractivity contribution in [3.8, 4) is 0 Å². The Kier molecular flexibility index (Phi) is 4.26. The summed E-state index contributed by atoms with van der Waals surface area (Å²) in [6.45, 7) is 4.09. The molecule has 0 aliphatic carbocycles. The first-order valence-corrected chi connectivity index (χ1v) is 8.32. The number of hydrogen-bond donors (Lipinski definition) is 1.